The summed E-state index contributed by atoms with van der Waals surface area (Å²) >= 11 is 1.54. The van der Waals surface area contributed by atoms with Gasteiger partial charge in [0, 0.05) is 31.0 Å². The summed E-state index contributed by atoms with van der Waals surface area (Å²) in [6.45, 7) is 2.12. The molecule has 0 aromatic carbocycles. The number of ether oxygens (including phenoxy) is 1. The van der Waals surface area contributed by atoms with Crippen LogP contribution in [0.4, 0.5) is 0 Å². The van der Waals surface area contributed by atoms with Gasteiger partial charge in [-0.3, -0.25) is 4.79 Å². The first-order chi connectivity index (χ1) is 10.8. The summed E-state index contributed by atoms with van der Waals surface area (Å²) < 4.78 is 5.74. The molecule has 0 spiro atoms. The zero-order chi connectivity index (χ0) is 15.4. The molecule has 1 aliphatic carbocycles. The van der Waals surface area contributed by atoms with Crippen molar-refractivity contribution < 1.29 is 9.53 Å². The van der Waals surface area contributed by atoms with Gasteiger partial charge in [-0.2, -0.15) is 0 Å². The number of carbonyl (C=O) groups excluding carboxylic acids is 1. The standard InChI is InChI=1S/C16H25N3O2S/c17-8-7-15-18-14(11-22-15)16(20)19(12-4-1-2-5-12)10-13-6-3-9-21-13/h11-13H,1-10,17H2. The minimum atomic E-state index is 0.0712. The Morgan fingerprint density at radius 2 is 2.18 bits per heavy atom. The van der Waals surface area contributed by atoms with Crippen LogP contribution in [0.3, 0.4) is 0 Å². The van der Waals surface area contributed by atoms with Crippen LogP contribution in [0, 0.1) is 0 Å². The predicted octanol–water partition coefficient (Wildman–Crippen LogP) is 2.21. The fraction of sp³-hybridized carbons (Fsp3) is 0.750. The molecular weight excluding hydrogens is 298 g/mol. The third-order valence-corrected chi connectivity index (χ3v) is 5.49. The first-order valence-corrected chi connectivity index (χ1v) is 9.23. The number of rotatable bonds is 6. The Kier molecular flexibility index (Phi) is 5.44. The van der Waals surface area contributed by atoms with Crippen LogP contribution in [-0.2, 0) is 11.2 Å². The molecule has 1 unspecified atom stereocenters. The Bertz CT molecular complexity index is 493. The lowest BCUT2D eigenvalue weighted by Crippen LogP contribution is -2.43. The Hall–Kier alpha value is -0.980. The molecule has 122 valence electrons. The van der Waals surface area contributed by atoms with E-state index in [9.17, 15) is 4.79 Å². The molecule has 1 aliphatic heterocycles. The molecule has 22 heavy (non-hydrogen) atoms. The van der Waals surface area contributed by atoms with Crippen LogP contribution < -0.4 is 5.73 Å². The third kappa shape index (κ3) is 3.67. The van der Waals surface area contributed by atoms with E-state index >= 15 is 0 Å². The van der Waals surface area contributed by atoms with Gasteiger partial charge < -0.3 is 15.4 Å². The fourth-order valence-electron chi connectivity index (χ4n) is 3.42. The van der Waals surface area contributed by atoms with Gasteiger partial charge in [0.2, 0.25) is 0 Å². The average Bonchev–Trinajstić information content (AvgIpc) is 3.26. The Morgan fingerprint density at radius 3 is 2.86 bits per heavy atom. The van der Waals surface area contributed by atoms with E-state index in [4.69, 9.17) is 10.5 Å². The van der Waals surface area contributed by atoms with E-state index in [0.29, 0.717) is 24.8 Å². The highest BCUT2D eigenvalue weighted by atomic mass is 32.1. The molecule has 1 saturated heterocycles. The molecule has 2 heterocycles. The number of thiazole rings is 1. The van der Waals surface area contributed by atoms with Gasteiger partial charge in [0.25, 0.3) is 5.91 Å². The third-order valence-electron chi connectivity index (χ3n) is 4.58. The van der Waals surface area contributed by atoms with Crippen molar-refractivity contribution in [3.63, 3.8) is 0 Å². The molecule has 6 heteroatoms. The van der Waals surface area contributed by atoms with Crippen LogP contribution in [-0.4, -0.2) is 47.6 Å². The van der Waals surface area contributed by atoms with Gasteiger partial charge in [0.15, 0.2) is 0 Å². The zero-order valence-corrected chi connectivity index (χ0v) is 13.8. The van der Waals surface area contributed by atoms with Gasteiger partial charge in [0.1, 0.15) is 5.69 Å². The summed E-state index contributed by atoms with van der Waals surface area (Å²) in [6.07, 6.45) is 7.77. The summed E-state index contributed by atoms with van der Waals surface area (Å²) in [5, 5.41) is 2.83. The summed E-state index contributed by atoms with van der Waals surface area (Å²) in [6, 6.07) is 0.358. The second-order valence-corrected chi connectivity index (χ2v) is 7.14. The van der Waals surface area contributed by atoms with Gasteiger partial charge >= 0.3 is 0 Å². The van der Waals surface area contributed by atoms with Crippen molar-refractivity contribution in [2.75, 3.05) is 19.7 Å². The minimum Gasteiger partial charge on any atom is -0.376 e. The number of carbonyl (C=O) groups is 1. The lowest BCUT2D eigenvalue weighted by Gasteiger charge is -2.30. The van der Waals surface area contributed by atoms with Crippen molar-refractivity contribution in [2.24, 2.45) is 5.73 Å². The van der Waals surface area contributed by atoms with Gasteiger partial charge in [-0.15, -0.1) is 11.3 Å². The highest BCUT2D eigenvalue weighted by Gasteiger charge is 2.31. The molecular formula is C16H25N3O2S. The molecule has 2 fully saturated rings. The van der Waals surface area contributed by atoms with Crippen molar-refractivity contribution in [1.82, 2.24) is 9.88 Å². The Labute approximate surface area is 135 Å². The molecule has 5 nitrogen and oxygen atoms in total. The van der Waals surface area contributed by atoms with Gasteiger partial charge in [-0.1, -0.05) is 12.8 Å². The van der Waals surface area contributed by atoms with E-state index < -0.39 is 0 Å². The maximum absolute atomic E-state index is 12.9. The SMILES string of the molecule is NCCc1nc(C(=O)N(CC2CCCO2)C2CCCC2)cs1. The smallest absolute Gasteiger partial charge is 0.273 e. The van der Waals surface area contributed by atoms with E-state index in [0.717, 1.165) is 43.7 Å². The maximum Gasteiger partial charge on any atom is 0.273 e. The molecule has 1 atom stereocenters. The molecule has 2 N–H and O–H groups in total. The number of hydrogen-bond acceptors (Lipinski definition) is 5. The summed E-state index contributed by atoms with van der Waals surface area (Å²) in [5.74, 6) is 0.0712. The number of hydrogen-bond donors (Lipinski definition) is 1. The van der Waals surface area contributed by atoms with Crippen molar-refractivity contribution >= 4 is 17.2 Å². The van der Waals surface area contributed by atoms with E-state index in [2.05, 4.69) is 4.98 Å². The van der Waals surface area contributed by atoms with E-state index in [1.54, 1.807) is 0 Å². The van der Waals surface area contributed by atoms with Crippen molar-refractivity contribution in [2.45, 2.75) is 57.1 Å². The van der Waals surface area contributed by atoms with Crippen LogP contribution in [0.2, 0.25) is 0 Å². The largest absolute Gasteiger partial charge is 0.376 e. The molecule has 1 saturated carbocycles. The Morgan fingerprint density at radius 1 is 1.36 bits per heavy atom. The van der Waals surface area contributed by atoms with E-state index in [1.165, 1.54) is 24.2 Å². The fourth-order valence-corrected chi connectivity index (χ4v) is 4.20. The lowest BCUT2D eigenvalue weighted by molar-refractivity contribution is 0.0417. The lowest BCUT2D eigenvalue weighted by atomic mass is 10.1. The topological polar surface area (TPSA) is 68.5 Å². The quantitative estimate of drug-likeness (QED) is 0.871. The molecule has 1 aromatic heterocycles. The van der Waals surface area contributed by atoms with Crippen molar-refractivity contribution in [3.05, 3.63) is 16.1 Å². The first kappa shape index (κ1) is 15.9. The van der Waals surface area contributed by atoms with E-state index in [-0.39, 0.29) is 12.0 Å². The number of amides is 1. The first-order valence-electron chi connectivity index (χ1n) is 8.35. The van der Waals surface area contributed by atoms with Gasteiger partial charge in [-0.25, -0.2) is 4.98 Å². The molecule has 3 rings (SSSR count). The van der Waals surface area contributed by atoms with Crippen LogP contribution >= 0.6 is 11.3 Å². The Balaban J connectivity index is 1.72. The number of nitrogens with two attached hydrogens (primary N) is 1. The predicted molar refractivity (Wildman–Crippen MR) is 87.1 cm³/mol. The highest BCUT2D eigenvalue weighted by molar-refractivity contribution is 7.09. The van der Waals surface area contributed by atoms with Crippen LogP contribution in [0.15, 0.2) is 5.38 Å². The van der Waals surface area contributed by atoms with Crippen LogP contribution in [0.5, 0.6) is 0 Å². The number of aromatic nitrogens is 1. The molecule has 2 aliphatic rings. The maximum atomic E-state index is 12.9. The van der Waals surface area contributed by atoms with Crippen LogP contribution in [0.25, 0.3) is 0 Å². The van der Waals surface area contributed by atoms with Crippen molar-refractivity contribution in [3.8, 4) is 0 Å². The van der Waals surface area contributed by atoms with Gasteiger partial charge in [0.05, 0.1) is 11.1 Å². The number of nitrogens with zero attached hydrogens (tertiary/aromatic N) is 2. The minimum absolute atomic E-state index is 0.0712. The summed E-state index contributed by atoms with van der Waals surface area (Å²) in [7, 11) is 0. The second kappa shape index (κ2) is 7.53. The average molecular weight is 323 g/mol. The zero-order valence-electron chi connectivity index (χ0n) is 13.0. The molecule has 0 radical (unpaired) electrons. The monoisotopic (exact) mass is 323 g/mol. The van der Waals surface area contributed by atoms with Gasteiger partial charge in [-0.05, 0) is 32.2 Å². The van der Waals surface area contributed by atoms with Crippen LogP contribution in [0.1, 0.15) is 54.0 Å². The van der Waals surface area contributed by atoms with E-state index in [1.807, 2.05) is 10.3 Å². The molecule has 1 amide bonds. The summed E-state index contributed by atoms with van der Waals surface area (Å²) in [4.78, 5) is 19.4. The molecule has 0 bridgehead atoms. The van der Waals surface area contributed by atoms with Crippen molar-refractivity contribution in [1.29, 1.82) is 0 Å². The molecule has 1 aromatic rings. The second-order valence-electron chi connectivity index (χ2n) is 6.20. The normalized spacial score (nSPS) is 22.3. The summed E-state index contributed by atoms with van der Waals surface area (Å²) in [5.41, 5.74) is 6.15. The highest BCUT2D eigenvalue weighted by Crippen LogP contribution is 2.27.